The summed E-state index contributed by atoms with van der Waals surface area (Å²) in [5, 5.41) is 0. The number of ether oxygens (including phenoxy) is 1. The van der Waals surface area contributed by atoms with Gasteiger partial charge in [0.1, 0.15) is 5.82 Å². The summed E-state index contributed by atoms with van der Waals surface area (Å²) < 4.78 is 45.2. The number of hydrogen-bond donors (Lipinski definition) is 2. The molecule has 0 aliphatic rings. The van der Waals surface area contributed by atoms with Crippen molar-refractivity contribution in [1.29, 1.82) is 0 Å². The summed E-state index contributed by atoms with van der Waals surface area (Å²) in [5.74, 6) is -1.12. The number of nitrogens with two attached hydrogens (primary N) is 1. The molecule has 0 saturated heterocycles. The van der Waals surface area contributed by atoms with Crippen LogP contribution in [-0.4, -0.2) is 35.7 Å². The molecule has 1 aromatic heterocycles. The predicted octanol–water partition coefficient (Wildman–Crippen LogP) is 2.23. The van der Waals surface area contributed by atoms with E-state index < -0.39 is 28.9 Å². The molecule has 0 atom stereocenters. The standard InChI is InChI=1S/C19H23F3N4O4/c1-3-4-8-26-15(23)14(16(27)24-18(26)29)25(9-10-30-2)17(28)12-6-5-7-13(11-12)19(20,21)22/h5-7,11H,3-4,8-10,23H2,1-2H3,(H,24,27,29). The van der Waals surface area contributed by atoms with Crippen molar-refractivity contribution >= 4 is 17.4 Å². The Morgan fingerprint density at radius 3 is 2.60 bits per heavy atom. The van der Waals surface area contributed by atoms with Crippen LogP contribution in [0.15, 0.2) is 33.9 Å². The second-order valence-corrected chi connectivity index (χ2v) is 6.53. The minimum atomic E-state index is -4.64. The fourth-order valence-corrected chi connectivity index (χ4v) is 2.86. The molecule has 1 amide bonds. The summed E-state index contributed by atoms with van der Waals surface area (Å²) in [7, 11) is 1.36. The highest BCUT2D eigenvalue weighted by Gasteiger charge is 2.32. The van der Waals surface area contributed by atoms with Gasteiger partial charge in [-0.3, -0.25) is 24.0 Å². The van der Waals surface area contributed by atoms with Gasteiger partial charge >= 0.3 is 11.9 Å². The number of nitrogen functional groups attached to an aromatic ring is 1. The largest absolute Gasteiger partial charge is 0.416 e. The van der Waals surface area contributed by atoms with E-state index in [1.54, 1.807) is 0 Å². The molecule has 0 saturated carbocycles. The Labute approximate surface area is 170 Å². The highest BCUT2D eigenvalue weighted by Crippen LogP contribution is 2.30. The Bertz CT molecular complexity index is 1010. The third-order valence-corrected chi connectivity index (χ3v) is 4.42. The minimum Gasteiger partial charge on any atom is -0.383 e. The van der Waals surface area contributed by atoms with Gasteiger partial charge in [0.25, 0.3) is 11.5 Å². The summed E-state index contributed by atoms with van der Waals surface area (Å²) in [4.78, 5) is 40.7. The number of rotatable bonds is 8. The molecule has 0 aliphatic heterocycles. The van der Waals surface area contributed by atoms with Gasteiger partial charge in [-0.15, -0.1) is 0 Å². The van der Waals surface area contributed by atoms with E-state index >= 15 is 0 Å². The third-order valence-electron chi connectivity index (χ3n) is 4.42. The van der Waals surface area contributed by atoms with Crippen molar-refractivity contribution in [1.82, 2.24) is 9.55 Å². The number of benzene rings is 1. The number of H-pyrrole nitrogens is 1. The number of anilines is 2. The molecule has 11 heteroatoms. The van der Waals surface area contributed by atoms with Gasteiger partial charge in [0.15, 0.2) is 5.69 Å². The molecule has 0 radical (unpaired) electrons. The number of nitrogens with one attached hydrogen (secondary N) is 1. The van der Waals surface area contributed by atoms with Crippen molar-refractivity contribution in [2.24, 2.45) is 0 Å². The van der Waals surface area contributed by atoms with Crippen LogP contribution >= 0.6 is 0 Å². The molecule has 164 valence electrons. The zero-order chi connectivity index (χ0) is 22.5. The van der Waals surface area contributed by atoms with Crippen LogP contribution in [0, 0.1) is 0 Å². The van der Waals surface area contributed by atoms with Crippen LogP contribution in [0.3, 0.4) is 0 Å². The topological polar surface area (TPSA) is 110 Å². The molecule has 0 spiro atoms. The number of nitrogens with zero attached hydrogens (tertiary/aromatic N) is 2. The molecular formula is C19H23F3N4O4. The first-order chi connectivity index (χ1) is 14.1. The second kappa shape index (κ2) is 9.61. The van der Waals surface area contributed by atoms with Crippen LogP contribution in [0.1, 0.15) is 35.7 Å². The summed E-state index contributed by atoms with van der Waals surface area (Å²) in [6.07, 6.45) is -3.30. The number of carbonyl (C=O) groups excluding carboxylic acids is 1. The maximum absolute atomic E-state index is 13.1. The molecule has 0 unspecified atom stereocenters. The van der Waals surface area contributed by atoms with E-state index in [0.717, 1.165) is 28.0 Å². The number of hydrogen-bond acceptors (Lipinski definition) is 5. The van der Waals surface area contributed by atoms with E-state index in [4.69, 9.17) is 10.5 Å². The fourth-order valence-electron chi connectivity index (χ4n) is 2.86. The van der Waals surface area contributed by atoms with E-state index in [-0.39, 0.29) is 36.8 Å². The van der Waals surface area contributed by atoms with E-state index in [1.807, 2.05) is 6.92 Å². The Hall–Kier alpha value is -3.08. The van der Waals surface area contributed by atoms with Gasteiger partial charge in [-0.1, -0.05) is 19.4 Å². The Kier molecular flexibility index (Phi) is 7.43. The average Bonchev–Trinajstić information content (AvgIpc) is 2.69. The van der Waals surface area contributed by atoms with Gasteiger partial charge in [0.05, 0.1) is 12.2 Å². The van der Waals surface area contributed by atoms with Crippen LogP contribution in [0.4, 0.5) is 24.7 Å². The maximum Gasteiger partial charge on any atom is 0.416 e. The summed E-state index contributed by atoms with van der Waals surface area (Å²) in [5.41, 5.74) is 2.79. The lowest BCUT2D eigenvalue weighted by Crippen LogP contribution is -2.42. The number of methoxy groups -OCH3 is 1. The molecule has 8 nitrogen and oxygen atoms in total. The van der Waals surface area contributed by atoms with Crippen molar-refractivity contribution in [2.45, 2.75) is 32.5 Å². The lowest BCUT2D eigenvalue weighted by Gasteiger charge is -2.24. The fraction of sp³-hybridized carbons (Fsp3) is 0.421. The normalized spacial score (nSPS) is 11.5. The second-order valence-electron chi connectivity index (χ2n) is 6.53. The van der Waals surface area contributed by atoms with E-state index in [1.165, 1.54) is 13.2 Å². The van der Waals surface area contributed by atoms with Crippen LogP contribution in [0.25, 0.3) is 0 Å². The molecular weight excluding hydrogens is 405 g/mol. The predicted molar refractivity (Wildman–Crippen MR) is 106 cm³/mol. The SMILES string of the molecule is CCCCn1c(N)c(N(CCOC)C(=O)c2cccc(C(F)(F)F)c2)c(=O)[nH]c1=O. The molecule has 1 heterocycles. The van der Waals surface area contributed by atoms with Crippen molar-refractivity contribution in [2.75, 3.05) is 30.9 Å². The lowest BCUT2D eigenvalue weighted by atomic mass is 10.1. The summed E-state index contributed by atoms with van der Waals surface area (Å²) >= 11 is 0. The van der Waals surface area contributed by atoms with Gasteiger partial charge in [-0.25, -0.2) is 4.79 Å². The molecule has 0 aliphatic carbocycles. The zero-order valence-electron chi connectivity index (χ0n) is 16.6. The monoisotopic (exact) mass is 428 g/mol. The highest BCUT2D eigenvalue weighted by atomic mass is 19.4. The number of unbranched alkanes of at least 4 members (excludes halogenated alkanes) is 1. The first-order valence-electron chi connectivity index (χ1n) is 9.22. The number of carbonyl (C=O) groups is 1. The van der Waals surface area contributed by atoms with E-state index in [2.05, 4.69) is 4.98 Å². The van der Waals surface area contributed by atoms with Crippen LogP contribution < -0.4 is 21.9 Å². The van der Waals surface area contributed by atoms with Gasteiger partial charge < -0.3 is 10.5 Å². The Morgan fingerprint density at radius 1 is 1.30 bits per heavy atom. The average molecular weight is 428 g/mol. The third kappa shape index (κ3) is 5.09. The van der Waals surface area contributed by atoms with E-state index in [0.29, 0.717) is 12.5 Å². The van der Waals surface area contributed by atoms with Crippen molar-refractivity contribution in [3.05, 3.63) is 56.2 Å². The van der Waals surface area contributed by atoms with Crippen LogP contribution in [0.5, 0.6) is 0 Å². The zero-order valence-corrected chi connectivity index (χ0v) is 16.6. The molecule has 2 aromatic rings. The Balaban J connectivity index is 2.60. The Morgan fingerprint density at radius 2 is 2.00 bits per heavy atom. The molecule has 30 heavy (non-hydrogen) atoms. The van der Waals surface area contributed by atoms with Crippen molar-refractivity contribution in [3.63, 3.8) is 0 Å². The van der Waals surface area contributed by atoms with Gasteiger partial charge in [-0.05, 0) is 24.6 Å². The van der Waals surface area contributed by atoms with Crippen LogP contribution in [-0.2, 0) is 17.5 Å². The first-order valence-corrected chi connectivity index (χ1v) is 9.22. The van der Waals surface area contributed by atoms with Crippen molar-refractivity contribution in [3.8, 4) is 0 Å². The van der Waals surface area contributed by atoms with Gasteiger partial charge in [0, 0.05) is 25.8 Å². The minimum absolute atomic E-state index is 0.0162. The number of aromatic nitrogens is 2. The summed E-state index contributed by atoms with van der Waals surface area (Å²) in [6, 6.07) is 3.83. The quantitative estimate of drug-likeness (QED) is 0.670. The molecule has 3 N–H and O–H groups in total. The molecule has 1 aromatic carbocycles. The van der Waals surface area contributed by atoms with E-state index in [9.17, 15) is 27.6 Å². The van der Waals surface area contributed by atoms with Crippen molar-refractivity contribution < 1.29 is 22.7 Å². The molecule has 0 fully saturated rings. The van der Waals surface area contributed by atoms with Crippen LogP contribution in [0.2, 0.25) is 0 Å². The first kappa shape index (κ1) is 23.2. The highest BCUT2D eigenvalue weighted by molar-refractivity contribution is 6.07. The molecule has 2 rings (SSSR count). The van der Waals surface area contributed by atoms with Gasteiger partial charge in [-0.2, -0.15) is 13.2 Å². The van der Waals surface area contributed by atoms with Gasteiger partial charge in [0.2, 0.25) is 0 Å². The number of halogens is 3. The molecule has 0 bridgehead atoms. The number of alkyl halides is 3. The smallest absolute Gasteiger partial charge is 0.383 e. The number of amides is 1. The lowest BCUT2D eigenvalue weighted by molar-refractivity contribution is -0.137. The maximum atomic E-state index is 13.1. The summed E-state index contributed by atoms with van der Waals surface area (Å²) in [6.45, 7) is 1.93. The number of aromatic amines is 1.